The molecule has 10 heavy (non-hydrogen) atoms. The van der Waals surface area contributed by atoms with Crippen molar-refractivity contribution >= 4 is 39.3 Å². The second kappa shape index (κ2) is 4.19. The molecule has 1 aliphatic heterocycles. The zero-order chi connectivity index (χ0) is 7.56. The van der Waals surface area contributed by atoms with Crippen molar-refractivity contribution in [2.75, 3.05) is 6.26 Å². The molecule has 1 heterocycles. The first-order valence-electron chi connectivity index (χ1n) is 3.31. The lowest BCUT2D eigenvalue weighted by Gasteiger charge is -2.29. The predicted molar refractivity (Wildman–Crippen MR) is 52.0 cm³/mol. The molecule has 3 unspecified atom stereocenters. The number of rotatable bonds is 1. The fraction of sp³-hybridized carbons (Fsp3) is 1.00. The maximum Gasteiger partial charge on any atom is 0.0804 e. The van der Waals surface area contributed by atoms with E-state index in [1.54, 1.807) is 0 Å². The highest BCUT2D eigenvalue weighted by Crippen LogP contribution is 2.26. The highest BCUT2D eigenvalue weighted by molar-refractivity contribution is 9.09. The smallest absolute Gasteiger partial charge is 0.0804 e. The molecule has 0 aromatic rings. The van der Waals surface area contributed by atoms with E-state index in [0.717, 1.165) is 6.42 Å². The lowest BCUT2D eigenvalue weighted by molar-refractivity contribution is 0.477. The SMILES string of the molecule is CSC1CCC(Cl)C(Br)N1. The van der Waals surface area contributed by atoms with Crippen molar-refractivity contribution in [3.63, 3.8) is 0 Å². The zero-order valence-corrected chi connectivity index (χ0v) is 8.97. The molecule has 0 amide bonds. The van der Waals surface area contributed by atoms with E-state index in [-0.39, 0.29) is 5.38 Å². The first-order chi connectivity index (χ1) is 4.74. The summed E-state index contributed by atoms with van der Waals surface area (Å²) in [6, 6.07) is 0. The van der Waals surface area contributed by atoms with Crippen LogP contribution in [0.5, 0.6) is 0 Å². The van der Waals surface area contributed by atoms with Crippen molar-refractivity contribution in [3.05, 3.63) is 0 Å². The van der Waals surface area contributed by atoms with E-state index in [1.165, 1.54) is 6.42 Å². The van der Waals surface area contributed by atoms with Gasteiger partial charge in [-0.3, -0.25) is 5.32 Å². The molecule has 0 radical (unpaired) electrons. The topological polar surface area (TPSA) is 12.0 Å². The highest BCUT2D eigenvalue weighted by Gasteiger charge is 2.25. The van der Waals surface area contributed by atoms with Crippen molar-refractivity contribution in [2.45, 2.75) is 28.5 Å². The van der Waals surface area contributed by atoms with Gasteiger partial charge in [-0.2, -0.15) is 0 Å². The van der Waals surface area contributed by atoms with Gasteiger partial charge in [0, 0.05) is 0 Å². The summed E-state index contributed by atoms with van der Waals surface area (Å²) in [6.07, 6.45) is 4.40. The maximum absolute atomic E-state index is 5.97. The third-order valence-electron chi connectivity index (χ3n) is 1.65. The van der Waals surface area contributed by atoms with Gasteiger partial charge in [-0.1, -0.05) is 15.9 Å². The fourth-order valence-corrected chi connectivity index (χ4v) is 2.62. The number of thioether (sulfide) groups is 1. The quantitative estimate of drug-likeness (QED) is 0.561. The van der Waals surface area contributed by atoms with Gasteiger partial charge >= 0.3 is 0 Å². The van der Waals surface area contributed by atoms with Crippen molar-refractivity contribution in [3.8, 4) is 0 Å². The Morgan fingerprint density at radius 2 is 2.30 bits per heavy atom. The van der Waals surface area contributed by atoms with Gasteiger partial charge in [-0.05, 0) is 19.1 Å². The zero-order valence-electron chi connectivity index (χ0n) is 5.81. The molecular formula is C6H11BrClNS. The Bertz CT molecular complexity index is 114. The second-order valence-corrected chi connectivity index (χ2v) is 4.97. The van der Waals surface area contributed by atoms with Crippen LogP contribution in [-0.2, 0) is 0 Å². The number of hydrogen-bond donors (Lipinski definition) is 1. The van der Waals surface area contributed by atoms with E-state index in [4.69, 9.17) is 11.6 Å². The van der Waals surface area contributed by atoms with Gasteiger partial charge in [-0.15, -0.1) is 23.4 Å². The van der Waals surface area contributed by atoms with Crippen LogP contribution in [0.3, 0.4) is 0 Å². The minimum Gasteiger partial charge on any atom is -0.292 e. The second-order valence-electron chi connectivity index (χ2n) is 2.39. The largest absolute Gasteiger partial charge is 0.292 e. The van der Waals surface area contributed by atoms with Crippen molar-refractivity contribution in [1.29, 1.82) is 0 Å². The molecule has 1 nitrogen and oxygen atoms in total. The number of alkyl halides is 2. The minimum absolute atomic E-state index is 0.253. The summed E-state index contributed by atoms with van der Waals surface area (Å²) in [7, 11) is 0. The van der Waals surface area contributed by atoms with Crippen LogP contribution in [0.4, 0.5) is 0 Å². The van der Waals surface area contributed by atoms with E-state index >= 15 is 0 Å². The number of hydrogen-bond acceptors (Lipinski definition) is 2. The lowest BCUT2D eigenvalue weighted by atomic mass is 10.2. The van der Waals surface area contributed by atoms with Crippen LogP contribution in [0, 0.1) is 0 Å². The van der Waals surface area contributed by atoms with Crippen LogP contribution in [0.2, 0.25) is 0 Å². The molecule has 4 heteroatoms. The Kier molecular flexibility index (Phi) is 3.84. The molecule has 1 N–H and O–H groups in total. The molecule has 0 bridgehead atoms. The minimum atomic E-state index is 0.253. The van der Waals surface area contributed by atoms with E-state index < -0.39 is 0 Å². The third kappa shape index (κ3) is 2.29. The number of halogens is 2. The van der Waals surface area contributed by atoms with Crippen molar-refractivity contribution in [2.24, 2.45) is 0 Å². The van der Waals surface area contributed by atoms with Gasteiger partial charge in [-0.25, -0.2) is 0 Å². The van der Waals surface area contributed by atoms with E-state index in [9.17, 15) is 0 Å². The Hall–Kier alpha value is 1.08. The van der Waals surface area contributed by atoms with Crippen LogP contribution in [-0.4, -0.2) is 22.0 Å². The lowest BCUT2D eigenvalue weighted by Crippen LogP contribution is -2.43. The van der Waals surface area contributed by atoms with Crippen molar-refractivity contribution < 1.29 is 0 Å². The van der Waals surface area contributed by atoms with Gasteiger partial charge < -0.3 is 0 Å². The molecule has 1 rings (SSSR count). The molecule has 3 atom stereocenters. The first-order valence-corrected chi connectivity index (χ1v) is 5.95. The van der Waals surface area contributed by atoms with Gasteiger partial charge in [0.25, 0.3) is 0 Å². The van der Waals surface area contributed by atoms with Crippen LogP contribution in [0.15, 0.2) is 0 Å². The van der Waals surface area contributed by atoms with Crippen molar-refractivity contribution in [1.82, 2.24) is 5.32 Å². The predicted octanol–water partition coefficient (Wildman–Crippen LogP) is 2.39. The monoisotopic (exact) mass is 243 g/mol. The number of piperidine rings is 1. The molecule has 0 aliphatic carbocycles. The summed E-state index contributed by atoms with van der Waals surface area (Å²) < 4.78 is 0. The normalized spacial score (nSPS) is 41.7. The molecule has 1 aliphatic rings. The van der Waals surface area contributed by atoms with E-state index in [0.29, 0.717) is 10.3 Å². The summed E-state index contributed by atoms with van der Waals surface area (Å²) in [5.74, 6) is 0. The van der Waals surface area contributed by atoms with Gasteiger partial charge in [0.2, 0.25) is 0 Å². The number of nitrogens with one attached hydrogen (secondary N) is 1. The Labute approximate surface area is 79.4 Å². The Balaban J connectivity index is 2.33. The molecule has 1 fully saturated rings. The molecule has 0 spiro atoms. The van der Waals surface area contributed by atoms with Crippen LogP contribution >= 0.6 is 39.3 Å². The van der Waals surface area contributed by atoms with Crippen LogP contribution in [0.25, 0.3) is 0 Å². The van der Waals surface area contributed by atoms with E-state index in [1.807, 2.05) is 11.8 Å². The van der Waals surface area contributed by atoms with Gasteiger partial charge in [0.05, 0.1) is 15.7 Å². The molecule has 1 saturated heterocycles. The standard InChI is InChI=1S/C6H11BrClNS/c1-10-5-3-2-4(8)6(7)9-5/h4-6,9H,2-3H2,1H3. The summed E-state index contributed by atoms with van der Waals surface area (Å²) >= 11 is 11.3. The molecule has 60 valence electrons. The van der Waals surface area contributed by atoms with Crippen LogP contribution in [0.1, 0.15) is 12.8 Å². The molecule has 0 aromatic carbocycles. The van der Waals surface area contributed by atoms with Gasteiger partial charge in [0.15, 0.2) is 0 Å². The molecule has 0 aromatic heterocycles. The first kappa shape index (κ1) is 9.17. The fourth-order valence-electron chi connectivity index (χ4n) is 1.01. The molecule has 0 saturated carbocycles. The average Bonchev–Trinajstić information content (AvgIpc) is 1.95. The average molecular weight is 245 g/mol. The Morgan fingerprint density at radius 3 is 2.80 bits per heavy atom. The van der Waals surface area contributed by atoms with E-state index in [2.05, 4.69) is 27.5 Å². The maximum atomic E-state index is 5.97. The third-order valence-corrected chi connectivity index (χ3v) is 4.27. The summed E-state index contributed by atoms with van der Waals surface area (Å²) in [5, 5.41) is 4.20. The van der Waals surface area contributed by atoms with Gasteiger partial charge in [0.1, 0.15) is 0 Å². The van der Waals surface area contributed by atoms with Crippen LogP contribution < -0.4 is 5.32 Å². The summed E-state index contributed by atoms with van der Waals surface area (Å²) in [6.45, 7) is 0. The molecular weight excluding hydrogens is 233 g/mol. The summed E-state index contributed by atoms with van der Waals surface area (Å²) in [4.78, 5) is 0.292. The highest BCUT2D eigenvalue weighted by atomic mass is 79.9. The Morgan fingerprint density at radius 1 is 1.60 bits per heavy atom. The summed E-state index contributed by atoms with van der Waals surface area (Å²) in [5.41, 5.74) is 0.